The Morgan fingerprint density at radius 3 is 2.42 bits per heavy atom. The van der Waals surface area contributed by atoms with Gasteiger partial charge in [0.15, 0.2) is 0 Å². The first kappa shape index (κ1) is 17.1. The minimum absolute atomic E-state index is 0.166. The molecule has 1 saturated heterocycles. The van der Waals surface area contributed by atoms with Gasteiger partial charge in [-0.2, -0.15) is 0 Å². The van der Waals surface area contributed by atoms with Crippen LogP contribution in [0.1, 0.15) is 43.4 Å². The molecule has 0 radical (unpaired) electrons. The number of amides is 1. The van der Waals surface area contributed by atoms with Crippen LogP contribution in [0.5, 0.6) is 0 Å². The number of rotatable bonds is 5. The van der Waals surface area contributed by atoms with Gasteiger partial charge in [0.1, 0.15) is 5.25 Å². The van der Waals surface area contributed by atoms with E-state index in [0.29, 0.717) is 6.04 Å². The lowest BCUT2D eigenvalue weighted by atomic mass is 9.99. The van der Waals surface area contributed by atoms with Gasteiger partial charge in [-0.25, -0.2) is 0 Å². The van der Waals surface area contributed by atoms with Crippen LogP contribution in [0.25, 0.3) is 0 Å². The molecule has 0 bridgehead atoms. The van der Waals surface area contributed by atoms with Crippen LogP contribution in [0.2, 0.25) is 0 Å². The van der Waals surface area contributed by atoms with E-state index in [1.807, 2.05) is 36.4 Å². The van der Waals surface area contributed by atoms with Crippen molar-refractivity contribution in [3.05, 3.63) is 66.2 Å². The minimum Gasteiger partial charge on any atom is -0.338 e. The van der Waals surface area contributed by atoms with Gasteiger partial charge in [-0.05, 0) is 43.4 Å². The van der Waals surface area contributed by atoms with Crippen LogP contribution in [0.3, 0.4) is 0 Å². The van der Waals surface area contributed by atoms with Gasteiger partial charge < -0.3 is 4.90 Å². The van der Waals surface area contributed by atoms with Crippen molar-refractivity contribution < 1.29 is 4.79 Å². The van der Waals surface area contributed by atoms with Crippen LogP contribution in [-0.2, 0) is 4.79 Å². The Kier molecular flexibility index (Phi) is 5.97. The standard InChI is InChI=1S/C21H25NOS/c1-2-18-13-9-10-16-22(18)21(23)20(17-11-5-3-6-12-17)24-19-14-7-4-8-15-19/h3-8,11-12,14-15,18,20H,2,9-10,13,16H2,1H3. The number of likely N-dealkylation sites (tertiary alicyclic amines) is 1. The Bertz CT molecular complexity index is 643. The number of thioether (sulfide) groups is 1. The maximum absolute atomic E-state index is 13.4. The largest absolute Gasteiger partial charge is 0.338 e. The molecule has 1 amide bonds. The topological polar surface area (TPSA) is 20.3 Å². The van der Waals surface area contributed by atoms with Crippen molar-refractivity contribution in [2.75, 3.05) is 6.54 Å². The molecular formula is C21H25NOS. The molecule has 0 aliphatic carbocycles. The third kappa shape index (κ3) is 4.02. The summed E-state index contributed by atoms with van der Waals surface area (Å²) in [7, 11) is 0. The van der Waals surface area contributed by atoms with E-state index in [2.05, 4.69) is 36.1 Å². The first-order chi connectivity index (χ1) is 11.8. The van der Waals surface area contributed by atoms with Crippen molar-refractivity contribution in [3.63, 3.8) is 0 Å². The molecule has 0 aromatic heterocycles. The van der Waals surface area contributed by atoms with Gasteiger partial charge in [0.2, 0.25) is 5.91 Å². The van der Waals surface area contributed by atoms with Gasteiger partial charge in [-0.3, -0.25) is 4.79 Å². The van der Waals surface area contributed by atoms with Gasteiger partial charge in [0.05, 0.1) is 0 Å². The average molecular weight is 340 g/mol. The van der Waals surface area contributed by atoms with E-state index in [9.17, 15) is 4.79 Å². The Morgan fingerprint density at radius 1 is 1.08 bits per heavy atom. The number of nitrogens with zero attached hydrogens (tertiary/aromatic N) is 1. The van der Waals surface area contributed by atoms with Crippen molar-refractivity contribution in [1.82, 2.24) is 4.90 Å². The average Bonchev–Trinajstić information content (AvgIpc) is 2.67. The fourth-order valence-corrected chi connectivity index (χ4v) is 4.51. The molecule has 3 heteroatoms. The summed E-state index contributed by atoms with van der Waals surface area (Å²) in [6.07, 6.45) is 4.55. The number of hydrogen-bond acceptors (Lipinski definition) is 2. The van der Waals surface area contributed by atoms with Crippen molar-refractivity contribution in [3.8, 4) is 0 Å². The van der Waals surface area contributed by atoms with Gasteiger partial charge in [-0.15, -0.1) is 11.8 Å². The molecule has 1 aliphatic heterocycles. The van der Waals surface area contributed by atoms with Crippen LogP contribution in [-0.4, -0.2) is 23.4 Å². The SMILES string of the molecule is CCC1CCCCN1C(=O)C(Sc1ccccc1)c1ccccc1. The summed E-state index contributed by atoms with van der Waals surface area (Å²) in [6.45, 7) is 3.09. The highest BCUT2D eigenvalue weighted by molar-refractivity contribution is 8.00. The highest BCUT2D eigenvalue weighted by Gasteiger charge is 2.32. The molecule has 1 heterocycles. The predicted octanol–water partition coefficient (Wildman–Crippen LogP) is 5.31. The molecule has 1 aliphatic rings. The van der Waals surface area contributed by atoms with E-state index in [0.717, 1.165) is 36.3 Å². The number of hydrogen-bond donors (Lipinski definition) is 0. The molecule has 126 valence electrons. The van der Waals surface area contributed by atoms with Crippen molar-refractivity contribution >= 4 is 17.7 Å². The van der Waals surface area contributed by atoms with Gasteiger partial charge in [0, 0.05) is 17.5 Å². The van der Waals surface area contributed by atoms with Crippen LogP contribution < -0.4 is 0 Å². The van der Waals surface area contributed by atoms with Gasteiger partial charge >= 0.3 is 0 Å². The molecule has 24 heavy (non-hydrogen) atoms. The minimum atomic E-state index is -0.166. The maximum atomic E-state index is 13.4. The fourth-order valence-electron chi connectivity index (χ4n) is 3.39. The van der Waals surface area contributed by atoms with Gasteiger partial charge in [0.25, 0.3) is 0 Å². The Labute approximate surface area is 149 Å². The zero-order valence-corrected chi connectivity index (χ0v) is 15.0. The lowest BCUT2D eigenvalue weighted by Gasteiger charge is -2.37. The van der Waals surface area contributed by atoms with E-state index in [-0.39, 0.29) is 11.2 Å². The smallest absolute Gasteiger partial charge is 0.240 e. The van der Waals surface area contributed by atoms with Crippen molar-refractivity contribution in [2.45, 2.75) is 48.8 Å². The summed E-state index contributed by atoms with van der Waals surface area (Å²) >= 11 is 1.66. The summed E-state index contributed by atoms with van der Waals surface area (Å²) in [5.41, 5.74) is 1.09. The number of carbonyl (C=O) groups is 1. The second-order valence-electron chi connectivity index (χ2n) is 6.31. The highest BCUT2D eigenvalue weighted by Crippen LogP contribution is 2.38. The first-order valence-corrected chi connectivity index (χ1v) is 9.74. The molecular weight excluding hydrogens is 314 g/mol. The summed E-state index contributed by atoms with van der Waals surface area (Å²) in [6, 6.07) is 20.8. The molecule has 2 unspecified atom stereocenters. The Balaban J connectivity index is 1.87. The normalized spacial score (nSPS) is 19.0. The van der Waals surface area contributed by atoms with Crippen LogP contribution in [0.15, 0.2) is 65.6 Å². The Hall–Kier alpha value is -1.74. The quantitative estimate of drug-likeness (QED) is 0.688. The number of piperidine rings is 1. The van der Waals surface area contributed by atoms with Crippen LogP contribution in [0.4, 0.5) is 0 Å². The number of carbonyl (C=O) groups excluding carboxylic acids is 1. The van der Waals surface area contributed by atoms with Crippen molar-refractivity contribution in [1.29, 1.82) is 0 Å². The fraction of sp³-hybridized carbons (Fsp3) is 0.381. The molecule has 2 atom stereocenters. The molecule has 2 nitrogen and oxygen atoms in total. The summed E-state index contributed by atoms with van der Waals surface area (Å²) in [5, 5.41) is -0.166. The summed E-state index contributed by atoms with van der Waals surface area (Å²) in [4.78, 5) is 16.7. The lowest BCUT2D eigenvalue weighted by Crippen LogP contribution is -2.45. The predicted molar refractivity (Wildman–Crippen MR) is 101 cm³/mol. The number of benzene rings is 2. The molecule has 2 aromatic rings. The highest BCUT2D eigenvalue weighted by atomic mass is 32.2. The van der Waals surface area contributed by atoms with Crippen LogP contribution in [0, 0.1) is 0 Å². The van der Waals surface area contributed by atoms with E-state index >= 15 is 0 Å². The molecule has 0 saturated carbocycles. The first-order valence-electron chi connectivity index (χ1n) is 8.86. The van der Waals surface area contributed by atoms with Crippen LogP contribution >= 0.6 is 11.8 Å². The Morgan fingerprint density at radius 2 is 1.75 bits per heavy atom. The molecule has 3 rings (SSSR count). The maximum Gasteiger partial charge on any atom is 0.240 e. The zero-order valence-electron chi connectivity index (χ0n) is 14.2. The van der Waals surface area contributed by atoms with E-state index in [1.54, 1.807) is 11.8 Å². The second-order valence-corrected chi connectivity index (χ2v) is 7.49. The summed E-state index contributed by atoms with van der Waals surface area (Å²) in [5.74, 6) is 0.265. The zero-order chi connectivity index (χ0) is 16.8. The van der Waals surface area contributed by atoms with Crippen molar-refractivity contribution in [2.24, 2.45) is 0 Å². The molecule has 2 aromatic carbocycles. The third-order valence-electron chi connectivity index (χ3n) is 4.71. The third-order valence-corrected chi connectivity index (χ3v) is 5.96. The van der Waals surface area contributed by atoms with Gasteiger partial charge in [-0.1, -0.05) is 55.5 Å². The van der Waals surface area contributed by atoms with E-state index in [4.69, 9.17) is 0 Å². The van der Waals surface area contributed by atoms with E-state index in [1.165, 1.54) is 6.42 Å². The summed E-state index contributed by atoms with van der Waals surface area (Å²) < 4.78 is 0. The molecule has 0 N–H and O–H groups in total. The molecule has 0 spiro atoms. The second kappa shape index (κ2) is 8.39. The monoisotopic (exact) mass is 339 g/mol. The lowest BCUT2D eigenvalue weighted by molar-refractivity contribution is -0.134. The van der Waals surface area contributed by atoms with E-state index < -0.39 is 0 Å². The molecule has 1 fully saturated rings.